The van der Waals surface area contributed by atoms with Gasteiger partial charge in [0, 0.05) is 17.2 Å². The van der Waals surface area contributed by atoms with Crippen LogP contribution < -0.4 is 5.32 Å². The molecule has 1 aromatic rings. The van der Waals surface area contributed by atoms with Crippen LogP contribution >= 0.6 is 0 Å². The summed E-state index contributed by atoms with van der Waals surface area (Å²) in [5, 5.41) is 12.9. The Balaban J connectivity index is 1.50. The third-order valence-electron chi connectivity index (χ3n) is 6.99. The minimum atomic E-state index is -1.45. The molecule has 146 valence electrons. The standard InChI is InChI=1S/C21H27NO4S/c1-20(2,27(26)16-6-4-3-5-7-16)18(23)22-17-14-8-13-9-15(17)12-21(10-13,11-14)19(24)25/h3-7,13-15,17H,8-12H2,1-2H3,(H,22,23)(H,24,25). The van der Waals surface area contributed by atoms with Gasteiger partial charge in [0.25, 0.3) is 5.91 Å². The molecule has 2 N–H and O–H groups in total. The number of nitrogens with one attached hydrogen (secondary N) is 1. The Hall–Kier alpha value is -1.53. The maximum absolute atomic E-state index is 13.1. The third kappa shape index (κ3) is 3.07. The second-order valence-corrected chi connectivity index (χ2v) is 11.2. The molecule has 4 saturated carbocycles. The first kappa shape index (κ1) is 18.8. The summed E-state index contributed by atoms with van der Waals surface area (Å²) in [6, 6.07) is 9.08. The van der Waals surface area contributed by atoms with Crippen LogP contribution in [0.2, 0.25) is 0 Å². The van der Waals surface area contributed by atoms with Crippen molar-refractivity contribution in [3.05, 3.63) is 30.3 Å². The number of hydrogen-bond donors (Lipinski definition) is 2. The second-order valence-electron chi connectivity index (χ2n) is 9.15. The highest BCUT2D eigenvalue weighted by molar-refractivity contribution is 7.93. The van der Waals surface area contributed by atoms with Gasteiger partial charge in [0.1, 0.15) is 0 Å². The molecule has 5 rings (SSSR count). The van der Waals surface area contributed by atoms with Gasteiger partial charge in [-0.25, -0.2) is 0 Å². The summed E-state index contributed by atoms with van der Waals surface area (Å²) >= 11 is -1.45. The molecule has 3 unspecified atom stereocenters. The van der Waals surface area contributed by atoms with Gasteiger partial charge in [-0.3, -0.25) is 9.59 Å². The van der Waals surface area contributed by atoms with Gasteiger partial charge in [0.2, 0.25) is 4.75 Å². The van der Waals surface area contributed by atoms with E-state index in [2.05, 4.69) is 5.32 Å². The highest BCUT2D eigenvalue weighted by atomic mass is 32.2. The van der Waals surface area contributed by atoms with E-state index in [1.807, 2.05) is 18.2 Å². The van der Waals surface area contributed by atoms with Crippen molar-refractivity contribution in [3.63, 3.8) is 0 Å². The van der Waals surface area contributed by atoms with E-state index < -0.39 is 27.3 Å². The molecule has 3 atom stereocenters. The van der Waals surface area contributed by atoms with Gasteiger partial charge in [-0.05, 0) is 75.8 Å². The van der Waals surface area contributed by atoms with Crippen LogP contribution in [0.25, 0.3) is 0 Å². The van der Waals surface area contributed by atoms with Crippen LogP contribution in [0.3, 0.4) is 0 Å². The molecule has 0 heterocycles. The van der Waals surface area contributed by atoms with E-state index in [9.17, 15) is 19.2 Å². The predicted octanol–water partition coefficient (Wildman–Crippen LogP) is 2.97. The first-order valence-electron chi connectivity index (χ1n) is 9.74. The second kappa shape index (κ2) is 6.52. The zero-order valence-corrected chi connectivity index (χ0v) is 16.6. The molecule has 0 aliphatic heterocycles. The van der Waals surface area contributed by atoms with Crippen molar-refractivity contribution in [1.29, 1.82) is 0 Å². The summed E-state index contributed by atoms with van der Waals surface area (Å²) in [5.74, 6) is 0.0384. The molecule has 0 aromatic heterocycles. The van der Waals surface area contributed by atoms with Gasteiger partial charge in [-0.15, -0.1) is 0 Å². The quantitative estimate of drug-likeness (QED) is 0.758. The van der Waals surface area contributed by atoms with Crippen LogP contribution in [0.4, 0.5) is 0 Å². The summed E-state index contributed by atoms with van der Waals surface area (Å²) in [4.78, 5) is 25.6. The summed E-state index contributed by atoms with van der Waals surface area (Å²) in [5.41, 5.74) is -0.583. The Kier molecular flexibility index (Phi) is 4.54. The first-order chi connectivity index (χ1) is 12.7. The first-order valence-corrected chi connectivity index (χ1v) is 10.9. The highest BCUT2D eigenvalue weighted by Crippen LogP contribution is 2.60. The molecule has 4 aliphatic carbocycles. The molecule has 0 radical (unpaired) electrons. The molecular weight excluding hydrogens is 362 g/mol. The minimum absolute atomic E-state index is 0.00794. The van der Waals surface area contributed by atoms with Gasteiger partial charge in [0.15, 0.2) is 4.90 Å². The summed E-state index contributed by atoms with van der Waals surface area (Å²) in [6.07, 6.45) is 4.10. The lowest BCUT2D eigenvalue weighted by atomic mass is 9.48. The topological polar surface area (TPSA) is 89.5 Å². The highest BCUT2D eigenvalue weighted by Gasteiger charge is 2.59. The van der Waals surface area contributed by atoms with E-state index in [0.717, 1.165) is 19.3 Å². The number of hydrogen-bond acceptors (Lipinski definition) is 3. The van der Waals surface area contributed by atoms with E-state index in [1.165, 1.54) is 0 Å². The maximum Gasteiger partial charge on any atom is 0.309 e. The number of rotatable bonds is 5. The molecule has 1 amide bonds. The molecular formula is C21H27NO4S. The van der Waals surface area contributed by atoms with Gasteiger partial charge < -0.3 is 15.0 Å². The largest absolute Gasteiger partial charge is 0.611 e. The normalized spacial score (nSPS) is 35.7. The Morgan fingerprint density at radius 2 is 1.74 bits per heavy atom. The number of carbonyl (C=O) groups excluding carboxylic acids is 1. The summed E-state index contributed by atoms with van der Waals surface area (Å²) in [6.45, 7) is 3.44. The number of carbonyl (C=O) groups is 2. The minimum Gasteiger partial charge on any atom is -0.611 e. The zero-order valence-electron chi connectivity index (χ0n) is 15.8. The molecule has 4 bridgehead atoms. The lowest BCUT2D eigenvalue weighted by molar-refractivity contribution is -0.167. The fraction of sp³-hybridized carbons (Fsp3) is 0.619. The fourth-order valence-corrected chi connectivity index (χ4v) is 6.99. The summed E-state index contributed by atoms with van der Waals surface area (Å²) < 4.78 is 11.9. The van der Waals surface area contributed by atoms with Crippen LogP contribution in [0.1, 0.15) is 46.0 Å². The van der Waals surface area contributed by atoms with Crippen LogP contribution in [-0.2, 0) is 20.8 Å². The number of aliphatic carboxylic acids is 1. The lowest BCUT2D eigenvalue weighted by Gasteiger charge is -2.58. The Labute approximate surface area is 163 Å². The number of amides is 1. The summed E-state index contributed by atoms with van der Waals surface area (Å²) in [7, 11) is 0. The van der Waals surface area contributed by atoms with Crippen LogP contribution in [0.15, 0.2) is 35.2 Å². The Morgan fingerprint density at radius 1 is 1.15 bits per heavy atom. The van der Waals surface area contributed by atoms with Crippen molar-refractivity contribution in [2.24, 2.45) is 23.2 Å². The molecule has 0 spiro atoms. The number of carboxylic acid groups (broad SMARTS) is 1. The maximum atomic E-state index is 13.1. The van der Waals surface area contributed by atoms with Crippen molar-refractivity contribution in [3.8, 4) is 0 Å². The molecule has 0 saturated heterocycles. The molecule has 4 aliphatic rings. The van der Waals surface area contributed by atoms with E-state index in [0.29, 0.717) is 23.7 Å². The molecule has 1 aromatic carbocycles. The van der Waals surface area contributed by atoms with Crippen molar-refractivity contribution < 1.29 is 19.2 Å². The average Bonchev–Trinajstić information content (AvgIpc) is 2.63. The van der Waals surface area contributed by atoms with Crippen molar-refractivity contribution in [2.75, 3.05) is 0 Å². The van der Waals surface area contributed by atoms with Gasteiger partial charge >= 0.3 is 5.97 Å². The van der Waals surface area contributed by atoms with E-state index >= 15 is 0 Å². The lowest BCUT2D eigenvalue weighted by Crippen LogP contribution is -2.63. The van der Waals surface area contributed by atoms with Gasteiger partial charge in [-0.2, -0.15) is 0 Å². The number of carboxylic acids is 1. The average molecular weight is 390 g/mol. The van der Waals surface area contributed by atoms with Crippen molar-refractivity contribution in [1.82, 2.24) is 5.32 Å². The SMILES string of the molecule is CC(C)(C(=O)NC1C2CC3CC1CC(C(=O)O)(C3)C2)[S+]([O-])c1ccccc1. The Morgan fingerprint density at radius 3 is 2.30 bits per heavy atom. The molecule has 5 nitrogen and oxygen atoms in total. The van der Waals surface area contributed by atoms with Crippen LogP contribution in [0.5, 0.6) is 0 Å². The molecule has 27 heavy (non-hydrogen) atoms. The molecule has 6 heteroatoms. The Bertz CT molecular complexity index is 734. The monoisotopic (exact) mass is 389 g/mol. The van der Waals surface area contributed by atoms with E-state index in [-0.39, 0.29) is 23.8 Å². The van der Waals surface area contributed by atoms with Gasteiger partial charge in [-0.1, -0.05) is 18.2 Å². The fourth-order valence-electron chi connectivity index (χ4n) is 5.77. The van der Waals surface area contributed by atoms with E-state index in [4.69, 9.17) is 0 Å². The smallest absolute Gasteiger partial charge is 0.309 e. The third-order valence-corrected chi connectivity index (χ3v) is 8.80. The number of benzene rings is 1. The van der Waals surface area contributed by atoms with Crippen LogP contribution in [0, 0.1) is 23.2 Å². The predicted molar refractivity (Wildman–Crippen MR) is 102 cm³/mol. The van der Waals surface area contributed by atoms with Crippen molar-refractivity contribution >= 4 is 23.1 Å². The van der Waals surface area contributed by atoms with Gasteiger partial charge in [0.05, 0.1) is 5.41 Å². The van der Waals surface area contributed by atoms with Crippen molar-refractivity contribution in [2.45, 2.75) is 61.6 Å². The molecule has 4 fully saturated rings. The zero-order chi connectivity index (χ0) is 19.4. The van der Waals surface area contributed by atoms with Crippen LogP contribution in [-0.4, -0.2) is 32.3 Å². The van der Waals surface area contributed by atoms with E-state index in [1.54, 1.807) is 26.0 Å².